The standard InChI is InChI=1S/C19H22N2O5/c1-12(2)20-19(23)15(11-14-6-5-9-26-14)21-18(22)13-7-8-16(24-3)17(10-13)25-4/h5-12H,1-4H3,(H,20,23)(H,21,22)/b15-11-. The van der Waals surface area contributed by atoms with E-state index in [1.54, 1.807) is 30.3 Å². The van der Waals surface area contributed by atoms with Gasteiger partial charge in [-0.3, -0.25) is 9.59 Å². The van der Waals surface area contributed by atoms with Gasteiger partial charge in [0.15, 0.2) is 11.5 Å². The molecule has 0 fully saturated rings. The molecule has 1 aromatic carbocycles. The molecule has 138 valence electrons. The Hall–Kier alpha value is -3.22. The summed E-state index contributed by atoms with van der Waals surface area (Å²) in [5.74, 6) is 0.510. The maximum Gasteiger partial charge on any atom is 0.268 e. The van der Waals surface area contributed by atoms with E-state index in [4.69, 9.17) is 13.9 Å². The summed E-state index contributed by atoms with van der Waals surface area (Å²) in [7, 11) is 3.00. The minimum Gasteiger partial charge on any atom is -0.493 e. The normalized spacial score (nSPS) is 11.2. The second-order valence-electron chi connectivity index (χ2n) is 5.73. The molecule has 0 aliphatic carbocycles. The number of benzene rings is 1. The number of ether oxygens (including phenoxy) is 2. The Bertz CT molecular complexity index is 794. The SMILES string of the molecule is COc1ccc(C(=O)N/C(=C\c2ccco2)C(=O)NC(C)C)cc1OC. The van der Waals surface area contributed by atoms with E-state index in [2.05, 4.69) is 10.6 Å². The van der Waals surface area contributed by atoms with Gasteiger partial charge in [-0.05, 0) is 44.2 Å². The van der Waals surface area contributed by atoms with Crippen molar-refractivity contribution in [3.63, 3.8) is 0 Å². The van der Waals surface area contributed by atoms with Crippen molar-refractivity contribution in [3.05, 3.63) is 53.6 Å². The molecule has 2 amide bonds. The predicted molar refractivity (Wildman–Crippen MR) is 97.0 cm³/mol. The second-order valence-corrected chi connectivity index (χ2v) is 5.73. The molecule has 0 bridgehead atoms. The zero-order valence-corrected chi connectivity index (χ0v) is 15.2. The quantitative estimate of drug-likeness (QED) is 0.743. The van der Waals surface area contributed by atoms with Crippen LogP contribution in [0.25, 0.3) is 6.08 Å². The van der Waals surface area contributed by atoms with E-state index < -0.39 is 11.8 Å². The average Bonchev–Trinajstić information content (AvgIpc) is 3.12. The molecule has 2 N–H and O–H groups in total. The van der Waals surface area contributed by atoms with Crippen molar-refractivity contribution in [3.8, 4) is 11.5 Å². The minimum atomic E-state index is -0.456. The molecular weight excluding hydrogens is 336 g/mol. The Balaban J connectivity index is 2.27. The molecule has 0 aliphatic heterocycles. The van der Waals surface area contributed by atoms with Crippen LogP contribution in [0.15, 0.2) is 46.7 Å². The summed E-state index contributed by atoms with van der Waals surface area (Å²) in [6.07, 6.45) is 2.95. The fourth-order valence-corrected chi connectivity index (χ4v) is 2.19. The highest BCUT2D eigenvalue weighted by Crippen LogP contribution is 2.27. The second kappa shape index (κ2) is 8.75. The van der Waals surface area contributed by atoms with Crippen molar-refractivity contribution in [2.24, 2.45) is 0 Å². The fraction of sp³-hybridized carbons (Fsp3) is 0.263. The summed E-state index contributed by atoms with van der Waals surface area (Å²) in [6.45, 7) is 3.66. The van der Waals surface area contributed by atoms with Gasteiger partial charge in [-0.1, -0.05) is 0 Å². The maximum absolute atomic E-state index is 12.6. The summed E-state index contributed by atoms with van der Waals surface area (Å²) in [4.78, 5) is 25.0. The van der Waals surface area contributed by atoms with E-state index >= 15 is 0 Å². The molecule has 0 saturated heterocycles. The van der Waals surface area contributed by atoms with Gasteiger partial charge in [0.05, 0.1) is 20.5 Å². The molecular formula is C19H22N2O5. The van der Waals surface area contributed by atoms with Gasteiger partial charge in [0, 0.05) is 17.7 Å². The molecule has 2 rings (SSSR count). The smallest absolute Gasteiger partial charge is 0.268 e. The lowest BCUT2D eigenvalue weighted by molar-refractivity contribution is -0.118. The molecule has 7 heteroatoms. The van der Waals surface area contributed by atoms with Crippen molar-refractivity contribution in [1.82, 2.24) is 10.6 Å². The largest absolute Gasteiger partial charge is 0.493 e. The van der Waals surface area contributed by atoms with Crippen LogP contribution in [0.4, 0.5) is 0 Å². The monoisotopic (exact) mass is 358 g/mol. The Labute approximate surface area is 152 Å². The van der Waals surface area contributed by atoms with Gasteiger partial charge in [0.1, 0.15) is 11.5 Å². The number of carbonyl (C=O) groups excluding carboxylic acids is 2. The van der Waals surface area contributed by atoms with E-state index in [0.717, 1.165) is 0 Å². The molecule has 0 saturated carbocycles. The molecule has 1 heterocycles. The van der Waals surface area contributed by atoms with E-state index in [-0.39, 0.29) is 11.7 Å². The summed E-state index contributed by atoms with van der Waals surface area (Å²) in [5, 5.41) is 5.36. The van der Waals surface area contributed by atoms with E-state index in [1.165, 1.54) is 26.6 Å². The van der Waals surface area contributed by atoms with Crippen LogP contribution in [0.1, 0.15) is 30.0 Å². The first-order valence-electron chi connectivity index (χ1n) is 8.04. The third kappa shape index (κ3) is 4.89. The summed E-state index contributed by atoms with van der Waals surface area (Å²) < 4.78 is 15.6. The van der Waals surface area contributed by atoms with Crippen molar-refractivity contribution in [2.75, 3.05) is 14.2 Å². The van der Waals surface area contributed by atoms with Crippen LogP contribution in [-0.4, -0.2) is 32.1 Å². The zero-order chi connectivity index (χ0) is 19.1. The molecule has 2 aromatic rings. The Morgan fingerprint density at radius 2 is 1.85 bits per heavy atom. The van der Waals surface area contributed by atoms with Crippen LogP contribution in [0.3, 0.4) is 0 Å². The lowest BCUT2D eigenvalue weighted by Gasteiger charge is -2.13. The van der Waals surface area contributed by atoms with Crippen molar-refractivity contribution in [1.29, 1.82) is 0 Å². The highest BCUT2D eigenvalue weighted by atomic mass is 16.5. The number of amides is 2. The fourth-order valence-electron chi connectivity index (χ4n) is 2.19. The van der Waals surface area contributed by atoms with Crippen molar-refractivity contribution >= 4 is 17.9 Å². The number of hydrogen-bond donors (Lipinski definition) is 2. The van der Waals surface area contributed by atoms with Gasteiger partial charge < -0.3 is 24.5 Å². The predicted octanol–water partition coefficient (Wildman–Crippen LogP) is 2.59. The van der Waals surface area contributed by atoms with Crippen LogP contribution in [-0.2, 0) is 4.79 Å². The van der Waals surface area contributed by atoms with Gasteiger partial charge in [-0.2, -0.15) is 0 Å². The third-order valence-electron chi connectivity index (χ3n) is 3.39. The summed E-state index contributed by atoms with van der Waals surface area (Å²) >= 11 is 0. The van der Waals surface area contributed by atoms with Crippen LogP contribution in [0.5, 0.6) is 11.5 Å². The van der Waals surface area contributed by atoms with Crippen LogP contribution in [0, 0.1) is 0 Å². The topological polar surface area (TPSA) is 89.8 Å². The minimum absolute atomic E-state index is 0.0773. The van der Waals surface area contributed by atoms with E-state index in [1.807, 2.05) is 13.8 Å². The van der Waals surface area contributed by atoms with Crippen LogP contribution >= 0.6 is 0 Å². The third-order valence-corrected chi connectivity index (χ3v) is 3.39. The van der Waals surface area contributed by atoms with Gasteiger partial charge >= 0.3 is 0 Å². The Kier molecular flexibility index (Phi) is 6.43. The summed E-state index contributed by atoms with van der Waals surface area (Å²) in [6, 6.07) is 8.05. The number of carbonyl (C=O) groups is 2. The molecule has 0 radical (unpaired) electrons. The van der Waals surface area contributed by atoms with Crippen molar-refractivity contribution in [2.45, 2.75) is 19.9 Å². The Morgan fingerprint density at radius 1 is 1.12 bits per heavy atom. The van der Waals surface area contributed by atoms with Crippen LogP contribution in [0.2, 0.25) is 0 Å². The van der Waals surface area contributed by atoms with Gasteiger partial charge in [0.2, 0.25) is 0 Å². The van der Waals surface area contributed by atoms with Crippen molar-refractivity contribution < 1.29 is 23.5 Å². The highest BCUT2D eigenvalue weighted by Gasteiger charge is 2.17. The van der Waals surface area contributed by atoms with Gasteiger partial charge in [0.25, 0.3) is 11.8 Å². The zero-order valence-electron chi connectivity index (χ0n) is 15.2. The number of nitrogens with one attached hydrogen (secondary N) is 2. The molecule has 0 spiro atoms. The number of methoxy groups -OCH3 is 2. The molecule has 7 nitrogen and oxygen atoms in total. The molecule has 26 heavy (non-hydrogen) atoms. The lowest BCUT2D eigenvalue weighted by atomic mass is 10.1. The van der Waals surface area contributed by atoms with E-state index in [0.29, 0.717) is 22.8 Å². The Morgan fingerprint density at radius 3 is 2.42 bits per heavy atom. The number of furan rings is 1. The van der Waals surface area contributed by atoms with Gasteiger partial charge in [-0.15, -0.1) is 0 Å². The molecule has 1 aromatic heterocycles. The number of hydrogen-bond acceptors (Lipinski definition) is 5. The van der Waals surface area contributed by atoms with Crippen LogP contribution < -0.4 is 20.1 Å². The van der Waals surface area contributed by atoms with Gasteiger partial charge in [-0.25, -0.2) is 0 Å². The first-order chi connectivity index (χ1) is 12.4. The number of rotatable bonds is 7. The first-order valence-corrected chi connectivity index (χ1v) is 8.04. The highest BCUT2D eigenvalue weighted by molar-refractivity contribution is 6.05. The molecule has 0 atom stereocenters. The van der Waals surface area contributed by atoms with E-state index in [9.17, 15) is 9.59 Å². The average molecular weight is 358 g/mol. The molecule has 0 aliphatic rings. The molecule has 0 unspecified atom stereocenters. The first kappa shape index (κ1) is 19.1. The lowest BCUT2D eigenvalue weighted by Crippen LogP contribution is -2.38. The maximum atomic E-state index is 12.6. The summed E-state index contributed by atoms with van der Waals surface area (Å²) in [5.41, 5.74) is 0.402.